The minimum atomic E-state index is -1.07. The number of carbonyl (C=O) groups excluding carboxylic acids is 1. The van der Waals surface area contributed by atoms with Gasteiger partial charge in [-0.2, -0.15) is 0 Å². The number of hydrogen-bond donors (Lipinski definition) is 0. The van der Waals surface area contributed by atoms with Gasteiger partial charge in [0, 0.05) is 23.2 Å². The highest BCUT2D eigenvalue weighted by atomic mass is 35.5. The largest absolute Gasteiger partial charge is 0.458 e. The first kappa shape index (κ1) is 20.5. The summed E-state index contributed by atoms with van der Waals surface area (Å²) in [5.74, 6) is -0.379. The summed E-state index contributed by atoms with van der Waals surface area (Å²) >= 11 is 12.1. The van der Waals surface area contributed by atoms with E-state index in [4.69, 9.17) is 27.9 Å². The van der Waals surface area contributed by atoms with Crippen molar-refractivity contribution in [3.8, 4) is 0 Å². The van der Waals surface area contributed by atoms with Crippen LogP contribution in [-0.4, -0.2) is 23.3 Å². The summed E-state index contributed by atoms with van der Waals surface area (Å²) in [7, 11) is 0. The van der Waals surface area contributed by atoms with Gasteiger partial charge in [0.15, 0.2) is 5.54 Å². The van der Waals surface area contributed by atoms with E-state index in [9.17, 15) is 4.79 Å². The lowest BCUT2D eigenvalue weighted by Gasteiger charge is -2.28. The fourth-order valence-electron chi connectivity index (χ4n) is 2.37. The van der Waals surface area contributed by atoms with Crippen LogP contribution in [0.2, 0.25) is 10.0 Å². The predicted molar refractivity (Wildman–Crippen MR) is 108 cm³/mol. The van der Waals surface area contributed by atoms with E-state index in [1.165, 1.54) is 0 Å². The van der Waals surface area contributed by atoms with Crippen LogP contribution in [0.15, 0.2) is 53.5 Å². The molecule has 0 amide bonds. The molecule has 0 aliphatic rings. The molecule has 0 radical (unpaired) electrons. The van der Waals surface area contributed by atoms with Crippen molar-refractivity contribution in [3.63, 3.8) is 0 Å². The Balaban J connectivity index is 2.35. The monoisotopic (exact) mass is 391 g/mol. The number of esters is 1. The first-order chi connectivity index (χ1) is 12.1. The molecule has 2 rings (SSSR count). The van der Waals surface area contributed by atoms with Gasteiger partial charge in [-0.3, -0.25) is 4.99 Å². The number of halogens is 2. The Bertz CT molecular complexity index is 797. The molecule has 0 aliphatic carbocycles. The summed E-state index contributed by atoms with van der Waals surface area (Å²) in [6, 6.07) is 14.9. The molecule has 5 heteroatoms. The predicted octanol–water partition coefficient (Wildman–Crippen LogP) is 5.76. The summed E-state index contributed by atoms with van der Waals surface area (Å²) in [5.41, 5.74) is 0.0270. The average Bonchev–Trinajstić information content (AvgIpc) is 2.53. The van der Waals surface area contributed by atoms with Crippen molar-refractivity contribution in [2.75, 3.05) is 0 Å². The van der Waals surface area contributed by atoms with Gasteiger partial charge < -0.3 is 4.74 Å². The first-order valence-electron chi connectivity index (χ1n) is 8.37. The van der Waals surface area contributed by atoms with Gasteiger partial charge in [0.2, 0.25) is 0 Å². The minimum Gasteiger partial charge on any atom is -0.458 e. The zero-order valence-electron chi connectivity index (χ0n) is 15.4. The molecule has 0 aliphatic heterocycles. The first-order valence-corrected chi connectivity index (χ1v) is 9.12. The highest BCUT2D eigenvalue weighted by molar-refractivity contribution is 6.36. The summed E-state index contributed by atoms with van der Waals surface area (Å²) in [5, 5.41) is 1.03. The second kappa shape index (κ2) is 8.24. The van der Waals surface area contributed by atoms with Crippen LogP contribution in [0, 0.1) is 0 Å². The van der Waals surface area contributed by atoms with Crippen molar-refractivity contribution < 1.29 is 9.53 Å². The second-order valence-electron chi connectivity index (χ2n) is 7.36. The van der Waals surface area contributed by atoms with Crippen molar-refractivity contribution >= 4 is 35.4 Å². The van der Waals surface area contributed by atoms with Crippen LogP contribution < -0.4 is 0 Å². The van der Waals surface area contributed by atoms with E-state index in [0.29, 0.717) is 22.0 Å². The molecule has 3 nitrogen and oxygen atoms in total. The van der Waals surface area contributed by atoms with Gasteiger partial charge in [0.05, 0.1) is 5.02 Å². The van der Waals surface area contributed by atoms with Gasteiger partial charge in [-0.25, -0.2) is 4.79 Å². The van der Waals surface area contributed by atoms with Crippen LogP contribution in [0.4, 0.5) is 0 Å². The van der Waals surface area contributed by atoms with Gasteiger partial charge in [-0.15, -0.1) is 0 Å². The number of hydrogen-bond acceptors (Lipinski definition) is 3. The van der Waals surface area contributed by atoms with Gasteiger partial charge >= 0.3 is 5.97 Å². The summed E-state index contributed by atoms with van der Waals surface area (Å²) in [4.78, 5) is 17.4. The Morgan fingerprint density at radius 2 is 1.73 bits per heavy atom. The third-order valence-corrected chi connectivity index (χ3v) is 4.24. The molecular formula is C21H23Cl2NO2. The quantitative estimate of drug-likeness (QED) is 0.480. The van der Waals surface area contributed by atoms with Gasteiger partial charge in [-0.1, -0.05) is 59.6 Å². The summed E-state index contributed by atoms with van der Waals surface area (Å²) in [6.45, 7) is 7.29. The van der Waals surface area contributed by atoms with Crippen LogP contribution in [0.1, 0.15) is 38.8 Å². The van der Waals surface area contributed by atoms with Crippen molar-refractivity contribution in [1.29, 1.82) is 0 Å². The Morgan fingerprint density at radius 3 is 2.31 bits per heavy atom. The molecule has 0 spiro atoms. The third kappa shape index (κ3) is 5.86. The lowest BCUT2D eigenvalue weighted by Crippen LogP contribution is -2.41. The average molecular weight is 392 g/mol. The molecule has 0 saturated heterocycles. The number of rotatable bonds is 5. The minimum absolute atomic E-state index is 0.379. The summed E-state index contributed by atoms with van der Waals surface area (Å²) in [6.07, 6.45) is 2.02. The molecule has 2 aromatic carbocycles. The molecule has 26 heavy (non-hydrogen) atoms. The van der Waals surface area contributed by atoms with Crippen molar-refractivity contribution in [1.82, 2.24) is 0 Å². The Labute approximate surface area is 165 Å². The second-order valence-corrected chi connectivity index (χ2v) is 8.21. The molecule has 0 fully saturated rings. The van der Waals surface area contributed by atoms with E-state index in [1.807, 2.05) is 51.1 Å². The number of ether oxygens (including phenoxy) is 1. The lowest BCUT2D eigenvalue weighted by molar-refractivity contribution is -0.160. The fraction of sp³-hybridized carbons (Fsp3) is 0.333. The highest BCUT2D eigenvalue weighted by Gasteiger charge is 2.36. The Morgan fingerprint density at radius 1 is 1.08 bits per heavy atom. The maximum Gasteiger partial charge on any atom is 0.334 e. The van der Waals surface area contributed by atoms with E-state index in [2.05, 4.69) is 4.99 Å². The van der Waals surface area contributed by atoms with E-state index in [0.717, 1.165) is 5.56 Å². The molecule has 0 N–H and O–H groups in total. The molecule has 0 bridgehead atoms. The van der Waals surface area contributed by atoms with E-state index in [-0.39, 0.29) is 5.97 Å². The third-order valence-electron chi connectivity index (χ3n) is 3.68. The normalized spacial score (nSPS) is 14.2. The maximum atomic E-state index is 12.9. The molecule has 0 heterocycles. The van der Waals surface area contributed by atoms with Gasteiger partial charge in [-0.05, 0) is 45.4 Å². The van der Waals surface area contributed by atoms with Crippen molar-refractivity contribution in [2.24, 2.45) is 4.99 Å². The van der Waals surface area contributed by atoms with Crippen molar-refractivity contribution in [3.05, 3.63) is 69.7 Å². The zero-order valence-corrected chi connectivity index (χ0v) is 16.9. The van der Waals surface area contributed by atoms with Gasteiger partial charge in [0.25, 0.3) is 0 Å². The fourth-order valence-corrected chi connectivity index (χ4v) is 2.83. The molecule has 0 aromatic heterocycles. The number of nitrogens with zero attached hydrogens (tertiary/aromatic N) is 1. The smallest absolute Gasteiger partial charge is 0.334 e. The number of aliphatic imine (C=N–C) groups is 1. The maximum absolute atomic E-state index is 12.9. The number of carbonyl (C=O) groups is 1. The van der Waals surface area contributed by atoms with E-state index in [1.54, 1.807) is 31.3 Å². The van der Waals surface area contributed by atoms with E-state index >= 15 is 0 Å². The SMILES string of the molecule is CC(C)(C)OC(=O)[C@](C)(Cc1ccccc1)N=Cc1ccc(Cl)cc1Cl. The lowest BCUT2D eigenvalue weighted by atomic mass is 9.93. The molecule has 138 valence electrons. The Hall–Kier alpha value is -1.84. The Kier molecular flexibility index (Phi) is 6.48. The molecule has 2 aromatic rings. The molecule has 1 atom stereocenters. The standard InChI is InChI=1S/C21H23Cl2NO2/c1-20(2,3)26-19(25)21(4,13-15-8-6-5-7-9-15)24-14-16-10-11-17(22)12-18(16)23/h5-12,14H,13H2,1-4H3/t21-/m0/s1. The van der Waals surface area contributed by atoms with Crippen LogP contribution in [0.5, 0.6) is 0 Å². The van der Waals surface area contributed by atoms with Crippen LogP contribution in [0.3, 0.4) is 0 Å². The van der Waals surface area contributed by atoms with Gasteiger partial charge in [0.1, 0.15) is 5.60 Å². The summed E-state index contributed by atoms with van der Waals surface area (Å²) < 4.78 is 5.61. The molecule has 0 unspecified atom stereocenters. The topological polar surface area (TPSA) is 38.7 Å². The zero-order chi connectivity index (χ0) is 19.4. The van der Waals surface area contributed by atoms with Crippen LogP contribution in [-0.2, 0) is 16.0 Å². The van der Waals surface area contributed by atoms with E-state index < -0.39 is 11.1 Å². The number of benzene rings is 2. The highest BCUT2D eigenvalue weighted by Crippen LogP contribution is 2.25. The van der Waals surface area contributed by atoms with Crippen molar-refractivity contribution in [2.45, 2.75) is 45.3 Å². The molecule has 0 saturated carbocycles. The van der Waals surface area contributed by atoms with Crippen LogP contribution in [0.25, 0.3) is 0 Å². The molecular weight excluding hydrogens is 369 g/mol. The van der Waals surface area contributed by atoms with Crippen LogP contribution >= 0.6 is 23.2 Å².